The van der Waals surface area contributed by atoms with Gasteiger partial charge in [-0.2, -0.15) is 0 Å². The minimum atomic E-state index is 0.688. The van der Waals surface area contributed by atoms with E-state index >= 15 is 0 Å². The van der Waals surface area contributed by atoms with Crippen LogP contribution >= 0.6 is 0 Å². The molecule has 2 heteroatoms. The van der Waals surface area contributed by atoms with E-state index in [0.29, 0.717) is 6.61 Å². The van der Waals surface area contributed by atoms with Crippen molar-refractivity contribution in [2.24, 2.45) is 0 Å². The third-order valence-corrected chi connectivity index (χ3v) is 3.34. The highest BCUT2D eigenvalue weighted by atomic mass is 16.5. The largest absolute Gasteiger partial charge is 0.500 e. The van der Waals surface area contributed by atoms with Crippen molar-refractivity contribution in [2.75, 3.05) is 6.61 Å². The monoisotopic (exact) mass is 251 g/mol. The van der Waals surface area contributed by atoms with Gasteiger partial charge in [0.05, 0.1) is 12.8 Å². The van der Waals surface area contributed by atoms with Crippen molar-refractivity contribution in [1.82, 2.24) is 4.57 Å². The predicted octanol–water partition coefficient (Wildman–Crippen LogP) is 4.34. The zero-order valence-electron chi connectivity index (χ0n) is 11.0. The third-order valence-electron chi connectivity index (χ3n) is 3.34. The quantitative estimate of drug-likeness (QED) is 0.497. The van der Waals surface area contributed by atoms with Gasteiger partial charge in [-0.1, -0.05) is 42.5 Å². The fraction of sp³-hybridized carbons (Fsp3) is 0.176. The molecule has 0 aliphatic carbocycles. The highest BCUT2D eigenvalue weighted by Gasteiger charge is 2.08. The van der Waals surface area contributed by atoms with Crippen LogP contribution in [0.5, 0.6) is 0 Å². The molecule has 2 nitrogen and oxygen atoms in total. The van der Waals surface area contributed by atoms with E-state index < -0.39 is 0 Å². The lowest BCUT2D eigenvalue weighted by Crippen LogP contribution is -2.03. The lowest BCUT2D eigenvalue weighted by Gasteiger charge is -2.07. The second-order valence-corrected chi connectivity index (χ2v) is 4.53. The molecule has 0 N–H and O–H groups in total. The van der Waals surface area contributed by atoms with Crippen LogP contribution in [0.3, 0.4) is 0 Å². The number of allylic oxidation sites excluding steroid dienone is 1. The number of para-hydroxylation sites is 2. The van der Waals surface area contributed by atoms with Crippen molar-refractivity contribution < 1.29 is 4.74 Å². The average molecular weight is 251 g/mol. The van der Waals surface area contributed by atoms with Gasteiger partial charge in [0.2, 0.25) is 0 Å². The summed E-state index contributed by atoms with van der Waals surface area (Å²) in [6, 6.07) is 17.1. The molecule has 1 aromatic heterocycles. The molecule has 0 aliphatic heterocycles. The third kappa shape index (κ3) is 2.10. The molecule has 0 fully saturated rings. The fourth-order valence-corrected chi connectivity index (χ4v) is 2.55. The number of ether oxygens (including phenoxy) is 1. The molecular formula is C17H17NO. The maximum Gasteiger partial charge on any atom is 0.105 e. The van der Waals surface area contributed by atoms with Crippen LogP contribution < -0.4 is 0 Å². The van der Waals surface area contributed by atoms with Crippen LogP contribution in [0.4, 0.5) is 0 Å². The summed E-state index contributed by atoms with van der Waals surface area (Å²) in [4.78, 5) is 0. The Morgan fingerprint density at radius 2 is 1.53 bits per heavy atom. The van der Waals surface area contributed by atoms with Gasteiger partial charge < -0.3 is 9.30 Å². The Hall–Kier alpha value is -2.22. The Morgan fingerprint density at radius 3 is 2.11 bits per heavy atom. The number of hydrogen-bond donors (Lipinski definition) is 0. The van der Waals surface area contributed by atoms with Crippen LogP contribution in [0.25, 0.3) is 21.8 Å². The molecule has 0 saturated carbocycles. The van der Waals surface area contributed by atoms with E-state index in [0.717, 1.165) is 6.54 Å². The van der Waals surface area contributed by atoms with E-state index in [9.17, 15) is 0 Å². The molecule has 0 aliphatic rings. The number of rotatable bonds is 4. The van der Waals surface area contributed by atoms with Crippen LogP contribution in [0.1, 0.15) is 6.92 Å². The van der Waals surface area contributed by atoms with Gasteiger partial charge in [0.25, 0.3) is 0 Å². The Labute approximate surface area is 112 Å². The van der Waals surface area contributed by atoms with E-state index in [2.05, 4.69) is 53.1 Å². The van der Waals surface area contributed by atoms with Crippen LogP contribution in [0.2, 0.25) is 0 Å². The number of aromatic nitrogens is 1. The number of hydrogen-bond acceptors (Lipinski definition) is 1. The molecule has 0 unspecified atom stereocenters. The highest BCUT2D eigenvalue weighted by Crippen LogP contribution is 2.28. The van der Waals surface area contributed by atoms with Gasteiger partial charge in [0.15, 0.2) is 0 Å². The molecule has 0 radical (unpaired) electrons. The normalized spacial score (nSPS) is 11.6. The number of benzene rings is 2. The van der Waals surface area contributed by atoms with Crippen LogP contribution in [-0.4, -0.2) is 11.2 Å². The van der Waals surface area contributed by atoms with E-state index in [4.69, 9.17) is 4.74 Å². The van der Waals surface area contributed by atoms with Crippen molar-refractivity contribution in [1.29, 1.82) is 0 Å². The summed E-state index contributed by atoms with van der Waals surface area (Å²) in [7, 11) is 0. The molecule has 96 valence electrons. The molecule has 2 aromatic carbocycles. The molecule has 0 atom stereocenters. The summed E-state index contributed by atoms with van der Waals surface area (Å²) in [5.41, 5.74) is 2.54. The first-order valence-corrected chi connectivity index (χ1v) is 6.60. The highest BCUT2D eigenvalue weighted by molar-refractivity contribution is 6.07. The predicted molar refractivity (Wildman–Crippen MR) is 80.2 cm³/mol. The summed E-state index contributed by atoms with van der Waals surface area (Å²) >= 11 is 0. The van der Waals surface area contributed by atoms with E-state index in [-0.39, 0.29) is 0 Å². The molecule has 3 rings (SSSR count). The van der Waals surface area contributed by atoms with Crippen molar-refractivity contribution in [3.05, 3.63) is 60.9 Å². The van der Waals surface area contributed by atoms with Gasteiger partial charge in [-0.25, -0.2) is 0 Å². The van der Waals surface area contributed by atoms with Gasteiger partial charge in [0.1, 0.15) is 6.61 Å². The second-order valence-electron chi connectivity index (χ2n) is 4.53. The lowest BCUT2D eigenvalue weighted by molar-refractivity contribution is 0.237. The first-order valence-electron chi connectivity index (χ1n) is 6.60. The summed E-state index contributed by atoms with van der Waals surface area (Å²) in [6.07, 6.45) is 3.65. The molecule has 0 amide bonds. The van der Waals surface area contributed by atoms with Crippen LogP contribution in [-0.2, 0) is 11.3 Å². The topological polar surface area (TPSA) is 14.2 Å². The first kappa shape index (κ1) is 11.8. The Bertz CT molecular complexity index is 671. The average Bonchev–Trinajstić information content (AvgIpc) is 2.78. The van der Waals surface area contributed by atoms with E-state index in [1.54, 1.807) is 6.26 Å². The van der Waals surface area contributed by atoms with Gasteiger partial charge in [0, 0.05) is 21.8 Å². The van der Waals surface area contributed by atoms with E-state index in [1.165, 1.54) is 21.8 Å². The lowest BCUT2D eigenvalue weighted by atomic mass is 10.2. The van der Waals surface area contributed by atoms with Gasteiger partial charge in [-0.3, -0.25) is 0 Å². The number of nitrogens with zero attached hydrogens (tertiary/aromatic N) is 1. The Morgan fingerprint density at radius 1 is 0.947 bits per heavy atom. The molecule has 0 saturated heterocycles. The number of fused-ring (bicyclic) bond motifs is 3. The molecule has 19 heavy (non-hydrogen) atoms. The van der Waals surface area contributed by atoms with Gasteiger partial charge in [-0.05, 0) is 19.1 Å². The molecule has 3 aromatic rings. The Balaban J connectivity index is 2.08. The minimum Gasteiger partial charge on any atom is -0.500 e. The summed E-state index contributed by atoms with van der Waals surface area (Å²) in [6.45, 7) is 3.51. The minimum absolute atomic E-state index is 0.688. The fourth-order valence-electron chi connectivity index (χ4n) is 2.55. The van der Waals surface area contributed by atoms with Gasteiger partial charge in [-0.15, -0.1) is 0 Å². The van der Waals surface area contributed by atoms with Crippen LogP contribution in [0.15, 0.2) is 60.9 Å². The molecule has 1 heterocycles. The molecule has 0 spiro atoms. The summed E-state index contributed by atoms with van der Waals surface area (Å²) in [5, 5.41) is 2.62. The summed E-state index contributed by atoms with van der Waals surface area (Å²) < 4.78 is 7.78. The smallest absolute Gasteiger partial charge is 0.105 e. The summed E-state index contributed by atoms with van der Waals surface area (Å²) in [5.74, 6) is 0. The second kappa shape index (κ2) is 5.19. The maximum atomic E-state index is 5.45. The Kier molecular flexibility index (Phi) is 3.23. The van der Waals surface area contributed by atoms with Crippen molar-refractivity contribution >= 4 is 21.8 Å². The molecular weight excluding hydrogens is 234 g/mol. The molecule has 0 bridgehead atoms. The standard InChI is InChI=1S/C17H17NO/c1-2-12-19-13-11-18-16-9-5-3-7-14(16)15-8-4-6-10-17(15)18/h2-10,12H,11,13H2,1H3. The van der Waals surface area contributed by atoms with Crippen molar-refractivity contribution in [3.8, 4) is 0 Å². The van der Waals surface area contributed by atoms with Crippen molar-refractivity contribution in [3.63, 3.8) is 0 Å². The maximum absolute atomic E-state index is 5.45. The van der Waals surface area contributed by atoms with Crippen molar-refractivity contribution in [2.45, 2.75) is 13.5 Å². The van der Waals surface area contributed by atoms with Gasteiger partial charge >= 0.3 is 0 Å². The SMILES string of the molecule is CC=COCCn1c2ccccc2c2ccccc21. The van der Waals surface area contributed by atoms with E-state index in [1.807, 2.05) is 13.0 Å². The zero-order chi connectivity index (χ0) is 13.1. The first-order chi connectivity index (χ1) is 9.42. The van der Waals surface area contributed by atoms with Crippen LogP contribution in [0, 0.1) is 0 Å². The zero-order valence-corrected chi connectivity index (χ0v) is 11.0.